The van der Waals surface area contributed by atoms with E-state index in [0.717, 1.165) is 0 Å². The largest absolute Gasteiger partial charge is 0.0622 e. The molecule has 0 saturated heterocycles. The molecule has 0 aliphatic heterocycles. The summed E-state index contributed by atoms with van der Waals surface area (Å²) in [6.07, 6.45) is 0. The van der Waals surface area contributed by atoms with Gasteiger partial charge in [-0.3, -0.25) is 0 Å². The molecule has 0 atom stereocenters. The van der Waals surface area contributed by atoms with Gasteiger partial charge in [0.1, 0.15) is 0 Å². The van der Waals surface area contributed by atoms with E-state index >= 15 is 0 Å². The zero-order valence-electron chi connectivity index (χ0n) is 12.6. The van der Waals surface area contributed by atoms with Crippen molar-refractivity contribution in [1.82, 2.24) is 0 Å². The minimum absolute atomic E-state index is 0.0243. The molecule has 0 N–H and O–H groups in total. The lowest BCUT2D eigenvalue weighted by Crippen LogP contribution is -2.18. The van der Waals surface area contributed by atoms with Crippen LogP contribution in [-0.4, -0.2) is 0 Å². The molecule has 3 rings (SSSR count). The molecule has 0 heterocycles. The van der Waals surface area contributed by atoms with Gasteiger partial charge in [0.05, 0.1) is 0 Å². The van der Waals surface area contributed by atoms with E-state index in [0.29, 0.717) is 0 Å². The van der Waals surface area contributed by atoms with Crippen LogP contribution in [-0.2, 0) is 5.41 Å². The van der Waals surface area contributed by atoms with E-state index in [2.05, 4.69) is 98.8 Å². The van der Waals surface area contributed by atoms with Gasteiger partial charge in [0, 0.05) is 5.41 Å². The first kappa shape index (κ1) is 13.6. The maximum Gasteiger partial charge on any atom is 0.0146 e. The van der Waals surface area contributed by atoms with Crippen molar-refractivity contribution in [1.29, 1.82) is 0 Å². The minimum atomic E-state index is 0.0243. The average Bonchev–Trinajstić information content (AvgIpc) is 2.57. The molecule has 0 aromatic heterocycles. The first-order chi connectivity index (χ1) is 10.2. The Labute approximate surface area is 127 Å². The van der Waals surface area contributed by atoms with Gasteiger partial charge < -0.3 is 0 Å². The molecule has 0 spiro atoms. The van der Waals surface area contributed by atoms with Gasteiger partial charge in [-0.1, -0.05) is 98.8 Å². The van der Waals surface area contributed by atoms with Crippen molar-refractivity contribution in [2.75, 3.05) is 0 Å². The van der Waals surface area contributed by atoms with Crippen LogP contribution in [0, 0.1) is 0 Å². The number of hydrogen-bond donors (Lipinski definition) is 0. The predicted octanol–water partition coefficient (Wildman–Crippen LogP) is 5.68. The summed E-state index contributed by atoms with van der Waals surface area (Å²) in [4.78, 5) is 0. The number of benzene rings is 3. The number of rotatable bonds is 3. The van der Waals surface area contributed by atoms with Crippen LogP contribution in [0.4, 0.5) is 0 Å². The highest BCUT2D eigenvalue weighted by molar-refractivity contribution is 5.63. The van der Waals surface area contributed by atoms with Crippen LogP contribution in [0.3, 0.4) is 0 Å². The lowest BCUT2D eigenvalue weighted by molar-refractivity contribution is 0.641. The topological polar surface area (TPSA) is 0 Å². The fraction of sp³-hybridized carbons (Fsp3) is 0.143. The molecule has 0 unspecified atom stereocenters. The maximum atomic E-state index is 2.28. The van der Waals surface area contributed by atoms with Gasteiger partial charge in [-0.25, -0.2) is 0 Å². The zero-order valence-corrected chi connectivity index (χ0v) is 12.6. The molecule has 0 aliphatic rings. The third kappa shape index (κ3) is 2.75. The highest BCUT2D eigenvalue weighted by atomic mass is 14.3. The molecular formula is C21H20. The van der Waals surface area contributed by atoms with Gasteiger partial charge in [-0.05, 0) is 22.3 Å². The van der Waals surface area contributed by atoms with Gasteiger partial charge in [0.15, 0.2) is 0 Å². The van der Waals surface area contributed by atoms with Crippen molar-refractivity contribution in [2.45, 2.75) is 19.3 Å². The lowest BCUT2D eigenvalue weighted by atomic mass is 9.78. The molecular weight excluding hydrogens is 252 g/mol. The first-order valence-electron chi connectivity index (χ1n) is 7.39. The van der Waals surface area contributed by atoms with E-state index in [1.54, 1.807) is 0 Å². The van der Waals surface area contributed by atoms with Crippen molar-refractivity contribution < 1.29 is 0 Å². The van der Waals surface area contributed by atoms with Gasteiger partial charge >= 0.3 is 0 Å². The minimum Gasteiger partial charge on any atom is -0.0622 e. The van der Waals surface area contributed by atoms with E-state index in [1.807, 2.05) is 0 Å². The van der Waals surface area contributed by atoms with E-state index in [1.165, 1.54) is 22.3 Å². The smallest absolute Gasteiger partial charge is 0.0146 e. The molecule has 0 saturated carbocycles. The summed E-state index contributed by atoms with van der Waals surface area (Å²) in [7, 11) is 0. The molecule has 0 amide bonds. The maximum absolute atomic E-state index is 2.28. The average molecular weight is 272 g/mol. The second-order valence-electron chi connectivity index (χ2n) is 5.93. The lowest BCUT2D eigenvalue weighted by Gasteiger charge is -2.26. The van der Waals surface area contributed by atoms with Gasteiger partial charge in [-0.15, -0.1) is 0 Å². The molecule has 21 heavy (non-hydrogen) atoms. The van der Waals surface area contributed by atoms with E-state index in [-0.39, 0.29) is 5.41 Å². The van der Waals surface area contributed by atoms with Crippen LogP contribution < -0.4 is 0 Å². The fourth-order valence-electron chi connectivity index (χ4n) is 2.73. The van der Waals surface area contributed by atoms with Crippen LogP contribution in [0.5, 0.6) is 0 Å². The summed E-state index contributed by atoms with van der Waals surface area (Å²) in [6, 6.07) is 30.1. The Morgan fingerprint density at radius 2 is 0.905 bits per heavy atom. The molecule has 104 valence electrons. The normalized spacial score (nSPS) is 11.3. The summed E-state index contributed by atoms with van der Waals surface area (Å²) >= 11 is 0. The third-order valence-electron chi connectivity index (χ3n) is 4.21. The molecule has 3 aromatic carbocycles. The Kier molecular flexibility index (Phi) is 3.62. The summed E-state index contributed by atoms with van der Waals surface area (Å²) in [6.45, 7) is 4.56. The van der Waals surface area contributed by atoms with E-state index in [4.69, 9.17) is 0 Å². The third-order valence-corrected chi connectivity index (χ3v) is 4.21. The highest BCUT2D eigenvalue weighted by Crippen LogP contribution is 2.32. The molecule has 0 nitrogen and oxygen atoms in total. The first-order valence-corrected chi connectivity index (χ1v) is 7.39. The fourth-order valence-corrected chi connectivity index (χ4v) is 2.73. The Bertz CT molecular complexity index is 692. The van der Waals surface area contributed by atoms with Crippen molar-refractivity contribution >= 4 is 0 Å². The van der Waals surface area contributed by atoms with Gasteiger partial charge in [-0.2, -0.15) is 0 Å². The SMILES string of the molecule is CC(C)(c1ccccc1)c1ccc(-c2ccccc2)cc1. The Morgan fingerprint density at radius 1 is 0.476 bits per heavy atom. The standard InChI is InChI=1S/C21H20/c1-21(2,19-11-7-4-8-12-19)20-15-13-18(14-16-20)17-9-5-3-6-10-17/h3-16H,1-2H3. The summed E-state index contributed by atoms with van der Waals surface area (Å²) in [5, 5.41) is 0. The Hall–Kier alpha value is -2.34. The Morgan fingerprint density at radius 3 is 1.48 bits per heavy atom. The van der Waals surface area contributed by atoms with Crippen molar-refractivity contribution in [3.63, 3.8) is 0 Å². The second-order valence-corrected chi connectivity index (χ2v) is 5.93. The van der Waals surface area contributed by atoms with Crippen LogP contribution >= 0.6 is 0 Å². The molecule has 0 aliphatic carbocycles. The number of hydrogen-bond acceptors (Lipinski definition) is 0. The Balaban J connectivity index is 1.94. The van der Waals surface area contributed by atoms with Crippen LogP contribution in [0.2, 0.25) is 0 Å². The molecule has 0 bridgehead atoms. The summed E-state index contributed by atoms with van der Waals surface area (Å²) in [5.74, 6) is 0. The zero-order chi connectivity index (χ0) is 14.7. The molecule has 3 aromatic rings. The van der Waals surface area contributed by atoms with Crippen molar-refractivity contribution in [3.05, 3.63) is 96.1 Å². The van der Waals surface area contributed by atoms with Gasteiger partial charge in [0.25, 0.3) is 0 Å². The quantitative estimate of drug-likeness (QED) is 0.575. The van der Waals surface area contributed by atoms with E-state index < -0.39 is 0 Å². The van der Waals surface area contributed by atoms with Crippen LogP contribution in [0.1, 0.15) is 25.0 Å². The summed E-state index contributed by atoms with van der Waals surface area (Å²) in [5.41, 5.74) is 5.24. The molecule has 0 heteroatoms. The van der Waals surface area contributed by atoms with Crippen LogP contribution in [0.15, 0.2) is 84.9 Å². The predicted molar refractivity (Wildman–Crippen MR) is 90.4 cm³/mol. The van der Waals surface area contributed by atoms with Crippen LogP contribution in [0.25, 0.3) is 11.1 Å². The summed E-state index contributed by atoms with van der Waals surface area (Å²) < 4.78 is 0. The molecule has 0 fully saturated rings. The van der Waals surface area contributed by atoms with Crippen molar-refractivity contribution in [3.8, 4) is 11.1 Å². The monoisotopic (exact) mass is 272 g/mol. The second kappa shape index (κ2) is 5.57. The highest BCUT2D eigenvalue weighted by Gasteiger charge is 2.22. The van der Waals surface area contributed by atoms with Gasteiger partial charge in [0.2, 0.25) is 0 Å². The molecule has 0 radical (unpaired) electrons. The van der Waals surface area contributed by atoms with Crippen molar-refractivity contribution in [2.24, 2.45) is 0 Å². The van der Waals surface area contributed by atoms with E-state index in [9.17, 15) is 0 Å².